The highest BCUT2D eigenvalue weighted by Crippen LogP contribution is 2.32. The van der Waals surface area contributed by atoms with E-state index in [9.17, 15) is 4.79 Å². The maximum atomic E-state index is 11.9. The Labute approximate surface area is 132 Å². The van der Waals surface area contributed by atoms with Crippen LogP contribution >= 0.6 is 0 Å². The van der Waals surface area contributed by atoms with E-state index in [1.165, 1.54) is 11.1 Å². The minimum atomic E-state index is -1.81. The fraction of sp³-hybridized carbons (Fsp3) is 0.722. The lowest BCUT2D eigenvalue weighted by molar-refractivity contribution is -0.122. The fourth-order valence-electron chi connectivity index (χ4n) is 2.44. The summed E-state index contributed by atoms with van der Waals surface area (Å²) < 4.78 is 6.60. The molecule has 0 unspecified atom stereocenters. The van der Waals surface area contributed by atoms with E-state index in [2.05, 4.69) is 60.6 Å². The summed E-state index contributed by atoms with van der Waals surface area (Å²) in [5.41, 5.74) is 1.79. The highest BCUT2D eigenvalue weighted by atomic mass is 28.4. The summed E-state index contributed by atoms with van der Waals surface area (Å²) >= 11 is 0. The maximum Gasteiger partial charge on any atom is 0.193 e. The Morgan fingerprint density at radius 3 is 1.52 bits per heavy atom. The van der Waals surface area contributed by atoms with Gasteiger partial charge in [0.2, 0.25) is 0 Å². The van der Waals surface area contributed by atoms with E-state index in [0.717, 1.165) is 24.4 Å². The molecule has 0 heterocycles. The van der Waals surface area contributed by atoms with Crippen molar-refractivity contribution in [3.05, 3.63) is 23.3 Å². The Hall–Kier alpha value is -0.673. The van der Waals surface area contributed by atoms with Crippen LogP contribution in [-0.2, 0) is 9.22 Å². The van der Waals surface area contributed by atoms with Gasteiger partial charge in [0.15, 0.2) is 14.6 Å². The summed E-state index contributed by atoms with van der Waals surface area (Å²) in [4.78, 5) is 11.9. The van der Waals surface area contributed by atoms with Crippen LogP contribution in [0.4, 0.5) is 0 Å². The molecule has 0 atom stereocenters. The molecule has 0 amide bonds. The number of hydrogen-bond donors (Lipinski definition) is 0. The minimum Gasteiger partial charge on any atom is -0.404 e. The number of rotatable bonds is 10. The molecule has 0 spiro atoms. The zero-order valence-corrected chi connectivity index (χ0v) is 16.1. The predicted molar refractivity (Wildman–Crippen MR) is 95.2 cm³/mol. The molecular weight excluding hydrogens is 276 g/mol. The molecule has 0 saturated carbocycles. The van der Waals surface area contributed by atoms with Crippen LogP contribution in [0.25, 0.3) is 0 Å². The Morgan fingerprint density at radius 2 is 1.29 bits per heavy atom. The quantitative estimate of drug-likeness (QED) is 0.296. The smallest absolute Gasteiger partial charge is 0.193 e. The van der Waals surface area contributed by atoms with Crippen molar-refractivity contribution in [1.82, 2.24) is 0 Å². The summed E-state index contributed by atoms with van der Waals surface area (Å²) in [6.07, 6.45) is 6.67. The fourth-order valence-corrected chi connectivity index (χ4v) is 5.45. The standard InChI is InChI=1S/C18H34O2Si/c1-8-21(9-2,10-3)20-18(15-19,13-11-16(4)5)14-12-17(6)7/h11-12,15H,8-10,13-14H2,1-7H3. The summed E-state index contributed by atoms with van der Waals surface area (Å²) in [6.45, 7) is 14.9. The number of carbonyl (C=O) groups is 1. The molecule has 2 nitrogen and oxygen atoms in total. The number of hydrogen-bond acceptors (Lipinski definition) is 2. The Morgan fingerprint density at radius 1 is 0.905 bits per heavy atom. The molecule has 0 fully saturated rings. The molecule has 0 aliphatic rings. The van der Waals surface area contributed by atoms with Crippen molar-refractivity contribution < 1.29 is 9.22 Å². The van der Waals surface area contributed by atoms with E-state index >= 15 is 0 Å². The van der Waals surface area contributed by atoms with Crippen molar-refractivity contribution in [1.29, 1.82) is 0 Å². The third kappa shape index (κ3) is 6.75. The first kappa shape index (κ1) is 20.3. The molecule has 0 aliphatic heterocycles. The van der Waals surface area contributed by atoms with Gasteiger partial charge in [-0.15, -0.1) is 0 Å². The maximum absolute atomic E-state index is 11.9. The monoisotopic (exact) mass is 310 g/mol. The van der Waals surface area contributed by atoms with Gasteiger partial charge in [-0.05, 0) is 45.8 Å². The number of aldehydes is 1. The molecule has 3 heteroatoms. The zero-order chi connectivity index (χ0) is 16.5. The Balaban J connectivity index is 5.49. The van der Waals surface area contributed by atoms with Gasteiger partial charge in [-0.25, -0.2) is 0 Å². The summed E-state index contributed by atoms with van der Waals surface area (Å²) in [5.74, 6) is 0. The minimum absolute atomic E-state index is 0.678. The third-order valence-corrected chi connectivity index (χ3v) is 8.98. The van der Waals surface area contributed by atoms with E-state index in [-0.39, 0.29) is 0 Å². The third-order valence-electron chi connectivity index (χ3n) is 4.28. The largest absolute Gasteiger partial charge is 0.404 e. The molecule has 0 rings (SSSR count). The second kappa shape index (κ2) is 9.37. The SMILES string of the molecule is CC[Si](CC)(CC)OC(C=O)(CC=C(C)C)CC=C(C)C. The van der Waals surface area contributed by atoms with E-state index < -0.39 is 13.9 Å². The van der Waals surface area contributed by atoms with Crippen molar-refractivity contribution >= 4 is 14.6 Å². The Bertz CT molecular complexity index is 342. The summed E-state index contributed by atoms with van der Waals surface area (Å²) in [6, 6.07) is 3.21. The van der Waals surface area contributed by atoms with Crippen molar-refractivity contribution in [2.45, 2.75) is 85.0 Å². The lowest BCUT2D eigenvalue weighted by Crippen LogP contribution is -2.48. The molecule has 0 aromatic carbocycles. The van der Waals surface area contributed by atoms with Crippen LogP contribution in [0, 0.1) is 0 Å². The van der Waals surface area contributed by atoms with Gasteiger partial charge in [0.1, 0.15) is 5.60 Å². The van der Waals surface area contributed by atoms with Gasteiger partial charge in [0, 0.05) is 12.8 Å². The molecule has 0 aliphatic carbocycles. The normalized spacial score (nSPS) is 12.0. The van der Waals surface area contributed by atoms with Gasteiger partial charge in [0.25, 0.3) is 0 Å². The first-order valence-electron chi connectivity index (χ1n) is 8.22. The van der Waals surface area contributed by atoms with E-state index in [4.69, 9.17) is 4.43 Å². The van der Waals surface area contributed by atoms with Crippen molar-refractivity contribution in [3.8, 4) is 0 Å². The molecule has 0 radical (unpaired) electrons. The van der Waals surface area contributed by atoms with Crippen molar-refractivity contribution in [2.24, 2.45) is 0 Å². The second-order valence-corrected chi connectivity index (χ2v) is 11.2. The van der Waals surface area contributed by atoms with E-state index in [1.807, 2.05) is 0 Å². The van der Waals surface area contributed by atoms with Crippen molar-refractivity contribution in [3.63, 3.8) is 0 Å². The zero-order valence-electron chi connectivity index (χ0n) is 15.1. The lowest BCUT2D eigenvalue weighted by atomic mass is 9.95. The average Bonchev–Trinajstić information content (AvgIpc) is 2.47. The number of carbonyl (C=O) groups excluding carboxylic acids is 1. The summed E-state index contributed by atoms with van der Waals surface area (Å²) in [7, 11) is -1.81. The van der Waals surface area contributed by atoms with Gasteiger partial charge in [-0.2, -0.15) is 0 Å². The molecule has 0 N–H and O–H groups in total. The van der Waals surface area contributed by atoms with Crippen LogP contribution in [0.1, 0.15) is 61.3 Å². The molecule has 0 bridgehead atoms. The molecule has 122 valence electrons. The van der Waals surface area contributed by atoms with Crippen LogP contribution < -0.4 is 0 Å². The van der Waals surface area contributed by atoms with Crippen LogP contribution in [-0.4, -0.2) is 20.2 Å². The average molecular weight is 311 g/mol. The molecule has 0 aromatic heterocycles. The highest BCUT2D eigenvalue weighted by molar-refractivity contribution is 6.73. The second-order valence-electron chi connectivity index (χ2n) is 6.50. The Kier molecular flexibility index (Phi) is 9.07. The molecular formula is C18H34O2Si. The van der Waals surface area contributed by atoms with Crippen molar-refractivity contribution in [2.75, 3.05) is 0 Å². The van der Waals surface area contributed by atoms with Gasteiger partial charge in [-0.1, -0.05) is 44.1 Å². The van der Waals surface area contributed by atoms with E-state index in [0.29, 0.717) is 12.8 Å². The van der Waals surface area contributed by atoms with Gasteiger partial charge in [-0.3, -0.25) is 0 Å². The topological polar surface area (TPSA) is 26.3 Å². The summed E-state index contributed by atoms with van der Waals surface area (Å²) in [5, 5.41) is 0. The first-order valence-corrected chi connectivity index (χ1v) is 10.7. The molecule has 21 heavy (non-hydrogen) atoms. The van der Waals surface area contributed by atoms with Crippen LogP contribution in [0.15, 0.2) is 23.3 Å². The molecule has 0 saturated heterocycles. The number of allylic oxidation sites excluding steroid dienone is 2. The highest BCUT2D eigenvalue weighted by Gasteiger charge is 2.39. The van der Waals surface area contributed by atoms with Gasteiger partial charge >= 0.3 is 0 Å². The van der Waals surface area contributed by atoms with Gasteiger partial charge < -0.3 is 9.22 Å². The van der Waals surface area contributed by atoms with E-state index in [1.54, 1.807) is 0 Å². The van der Waals surface area contributed by atoms with Crippen LogP contribution in [0.2, 0.25) is 18.1 Å². The van der Waals surface area contributed by atoms with Crippen LogP contribution in [0.3, 0.4) is 0 Å². The van der Waals surface area contributed by atoms with Crippen LogP contribution in [0.5, 0.6) is 0 Å². The predicted octanol–water partition coefficient (Wildman–Crippen LogP) is 5.66. The lowest BCUT2D eigenvalue weighted by Gasteiger charge is -2.38. The van der Waals surface area contributed by atoms with Gasteiger partial charge in [0.05, 0.1) is 0 Å². The molecule has 0 aromatic rings. The first-order chi connectivity index (χ1) is 9.78.